The zero-order valence-corrected chi connectivity index (χ0v) is 16.3. The standard InChI is InChI=1S/C19H23N5O5/c1-11(25)9-28-18-14(17(26)24-29-10-19(2,3)27)15(21)22-16(23-18)13-6-4-5-12(7-13)8-20/h4-7,11,25,27H,9-10H2,1-3H3,(H,24,26)(H2,21,22,23). The van der Waals surface area contributed by atoms with Crippen molar-refractivity contribution in [2.45, 2.75) is 32.5 Å². The number of aliphatic hydroxyl groups excluding tert-OH is 1. The summed E-state index contributed by atoms with van der Waals surface area (Å²) in [6.45, 7) is 4.23. The van der Waals surface area contributed by atoms with Crippen molar-refractivity contribution in [3.63, 3.8) is 0 Å². The molecule has 0 aliphatic rings. The predicted molar refractivity (Wildman–Crippen MR) is 103 cm³/mol. The van der Waals surface area contributed by atoms with Crippen molar-refractivity contribution in [1.29, 1.82) is 5.26 Å². The molecule has 0 bridgehead atoms. The molecular formula is C19H23N5O5. The average Bonchev–Trinajstić information content (AvgIpc) is 2.64. The average molecular weight is 401 g/mol. The van der Waals surface area contributed by atoms with Crippen LogP contribution < -0.4 is 16.0 Å². The first-order chi connectivity index (χ1) is 13.6. The predicted octanol–water partition coefficient (Wildman–Crippen LogP) is 0.789. The molecule has 1 unspecified atom stereocenters. The third-order valence-electron chi connectivity index (χ3n) is 3.43. The van der Waals surface area contributed by atoms with E-state index in [0.29, 0.717) is 11.1 Å². The van der Waals surface area contributed by atoms with Gasteiger partial charge in [-0.05, 0) is 32.9 Å². The molecule has 0 fully saturated rings. The molecule has 0 saturated carbocycles. The lowest BCUT2D eigenvalue weighted by Gasteiger charge is -2.18. The molecule has 1 aromatic heterocycles. The number of rotatable bonds is 8. The van der Waals surface area contributed by atoms with Gasteiger partial charge in [-0.1, -0.05) is 12.1 Å². The van der Waals surface area contributed by atoms with Crippen LogP contribution in [0.5, 0.6) is 5.88 Å². The second kappa shape index (κ2) is 9.29. The maximum atomic E-state index is 12.5. The number of anilines is 1. The number of aromatic nitrogens is 2. The van der Waals surface area contributed by atoms with Crippen LogP contribution in [0.4, 0.5) is 5.82 Å². The minimum absolute atomic E-state index is 0.140. The third kappa shape index (κ3) is 6.39. The van der Waals surface area contributed by atoms with E-state index in [1.165, 1.54) is 20.8 Å². The Labute approximate surface area is 167 Å². The van der Waals surface area contributed by atoms with Gasteiger partial charge in [0.1, 0.15) is 24.6 Å². The van der Waals surface area contributed by atoms with Crippen molar-refractivity contribution in [2.75, 3.05) is 18.9 Å². The van der Waals surface area contributed by atoms with Crippen LogP contribution in [0, 0.1) is 11.3 Å². The highest BCUT2D eigenvalue weighted by atomic mass is 16.7. The molecule has 154 valence electrons. The van der Waals surface area contributed by atoms with Gasteiger partial charge < -0.3 is 20.7 Å². The SMILES string of the molecule is CC(O)COc1nc(-c2cccc(C#N)c2)nc(N)c1C(=O)NOCC(C)(C)O. The number of nitrogens with one attached hydrogen (secondary N) is 1. The number of nitrogens with zero attached hydrogens (tertiary/aromatic N) is 3. The monoisotopic (exact) mass is 401 g/mol. The molecule has 0 radical (unpaired) electrons. The van der Waals surface area contributed by atoms with Gasteiger partial charge in [-0.2, -0.15) is 10.2 Å². The first-order valence-corrected chi connectivity index (χ1v) is 8.74. The fraction of sp³-hybridized carbons (Fsp3) is 0.368. The minimum Gasteiger partial charge on any atom is -0.474 e. The Morgan fingerprint density at radius 1 is 1.41 bits per heavy atom. The van der Waals surface area contributed by atoms with E-state index in [1.54, 1.807) is 24.3 Å². The molecule has 1 atom stereocenters. The summed E-state index contributed by atoms with van der Waals surface area (Å²) in [4.78, 5) is 25.9. The van der Waals surface area contributed by atoms with Crippen LogP contribution in [0.15, 0.2) is 24.3 Å². The zero-order chi connectivity index (χ0) is 21.6. The number of hydroxylamine groups is 1. The normalized spacial score (nSPS) is 12.1. The van der Waals surface area contributed by atoms with E-state index in [0.717, 1.165) is 0 Å². The molecule has 1 heterocycles. The molecule has 0 spiro atoms. The molecule has 10 heteroatoms. The van der Waals surface area contributed by atoms with Gasteiger partial charge in [0.2, 0.25) is 5.88 Å². The van der Waals surface area contributed by atoms with Crippen LogP contribution in [-0.4, -0.2) is 51.0 Å². The molecule has 0 aliphatic heterocycles. The molecule has 29 heavy (non-hydrogen) atoms. The molecule has 0 aliphatic carbocycles. The van der Waals surface area contributed by atoms with Crippen LogP contribution in [0.1, 0.15) is 36.7 Å². The fourth-order valence-corrected chi connectivity index (χ4v) is 2.16. The van der Waals surface area contributed by atoms with Gasteiger partial charge in [-0.25, -0.2) is 10.5 Å². The maximum Gasteiger partial charge on any atom is 0.284 e. The molecule has 1 amide bonds. The zero-order valence-electron chi connectivity index (χ0n) is 16.3. The third-order valence-corrected chi connectivity index (χ3v) is 3.43. The van der Waals surface area contributed by atoms with Gasteiger partial charge in [0.15, 0.2) is 5.82 Å². The number of carbonyl (C=O) groups excluding carboxylic acids is 1. The van der Waals surface area contributed by atoms with Crippen LogP contribution in [0.25, 0.3) is 11.4 Å². The van der Waals surface area contributed by atoms with E-state index in [-0.39, 0.29) is 36.3 Å². The van der Waals surface area contributed by atoms with E-state index < -0.39 is 17.6 Å². The summed E-state index contributed by atoms with van der Waals surface area (Å²) in [7, 11) is 0. The quantitative estimate of drug-likeness (QED) is 0.468. The summed E-state index contributed by atoms with van der Waals surface area (Å²) in [6, 6.07) is 8.55. The fourth-order valence-electron chi connectivity index (χ4n) is 2.16. The number of amides is 1. The van der Waals surface area contributed by atoms with Crippen molar-refractivity contribution >= 4 is 11.7 Å². The number of aliphatic hydroxyl groups is 2. The van der Waals surface area contributed by atoms with Crippen LogP contribution in [0.3, 0.4) is 0 Å². The van der Waals surface area contributed by atoms with Crippen LogP contribution in [-0.2, 0) is 4.84 Å². The number of carbonyl (C=O) groups is 1. The smallest absolute Gasteiger partial charge is 0.284 e. The Kier molecular flexibility index (Phi) is 7.06. The van der Waals surface area contributed by atoms with E-state index in [9.17, 15) is 15.0 Å². The molecule has 2 aromatic rings. The molecule has 2 rings (SSSR count). The Bertz CT molecular complexity index is 918. The number of nitrogens with two attached hydrogens (primary N) is 1. The van der Waals surface area contributed by atoms with Crippen LogP contribution in [0.2, 0.25) is 0 Å². The number of benzene rings is 1. The summed E-state index contributed by atoms with van der Waals surface area (Å²) in [6.07, 6.45) is -0.820. The van der Waals surface area contributed by atoms with Crippen molar-refractivity contribution < 1.29 is 24.6 Å². The number of nitrogen functional groups attached to an aromatic ring is 1. The van der Waals surface area contributed by atoms with Gasteiger partial charge in [-0.3, -0.25) is 9.63 Å². The van der Waals surface area contributed by atoms with Crippen LogP contribution >= 0.6 is 0 Å². The summed E-state index contributed by atoms with van der Waals surface area (Å²) >= 11 is 0. The largest absolute Gasteiger partial charge is 0.474 e. The summed E-state index contributed by atoms with van der Waals surface area (Å²) in [5, 5.41) is 28.2. The number of hydrogen-bond donors (Lipinski definition) is 4. The number of hydrogen-bond acceptors (Lipinski definition) is 9. The number of nitriles is 1. The molecule has 0 saturated heterocycles. The van der Waals surface area contributed by atoms with Crippen molar-refractivity contribution in [1.82, 2.24) is 15.4 Å². The Morgan fingerprint density at radius 3 is 2.76 bits per heavy atom. The van der Waals surface area contributed by atoms with E-state index in [4.69, 9.17) is 20.6 Å². The van der Waals surface area contributed by atoms with Crippen molar-refractivity contribution in [2.24, 2.45) is 0 Å². The van der Waals surface area contributed by atoms with E-state index >= 15 is 0 Å². The molecular weight excluding hydrogens is 378 g/mol. The molecule has 10 nitrogen and oxygen atoms in total. The lowest BCUT2D eigenvalue weighted by atomic mass is 10.1. The van der Waals surface area contributed by atoms with Gasteiger partial charge in [0.25, 0.3) is 5.91 Å². The van der Waals surface area contributed by atoms with Crippen molar-refractivity contribution in [3.8, 4) is 23.3 Å². The van der Waals surface area contributed by atoms with Gasteiger partial charge in [0.05, 0.1) is 23.3 Å². The van der Waals surface area contributed by atoms with E-state index in [1.807, 2.05) is 6.07 Å². The van der Waals surface area contributed by atoms with Gasteiger partial charge in [-0.15, -0.1) is 0 Å². The Balaban J connectivity index is 2.39. The lowest BCUT2D eigenvalue weighted by Crippen LogP contribution is -2.34. The second-order valence-corrected chi connectivity index (χ2v) is 7.00. The summed E-state index contributed by atoms with van der Waals surface area (Å²) in [5.74, 6) is -0.957. The second-order valence-electron chi connectivity index (χ2n) is 7.00. The number of ether oxygens (including phenoxy) is 1. The van der Waals surface area contributed by atoms with Gasteiger partial charge >= 0.3 is 0 Å². The minimum atomic E-state index is -1.16. The first kappa shape index (κ1) is 22.0. The highest BCUT2D eigenvalue weighted by Crippen LogP contribution is 2.26. The topological polar surface area (TPSA) is 164 Å². The summed E-state index contributed by atoms with van der Waals surface area (Å²) < 4.78 is 5.45. The maximum absolute atomic E-state index is 12.5. The van der Waals surface area contributed by atoms with Gasteiger partial charge in [0, 0.05) is 5.56 Å². The lowest BCUT2D eigenvalue weighted by molar-refractivity contribution is -0.0523. The molecule has 1 aromatic carbocycles. The first-order valence-electron chi connectivity index (χ1n) is 8.74. The Morgan fingerprint density at radius 2 is 2.14 bits per heavy atom. The van der Waals surface area contributed by atoms with E-state index in [2.05, 4.69) is 15.4 Å². The highest BCUT2D eigenvalue weighted by molar-refractivity contribution is 6.00. The highest BCUT2D eigenvalue weighted by Gasteiger charge is 2.23. The molecule has 5 N–H and O–H groups in total. The Hall–Kier alpha value is -3.26. The van der Waals surface area contributed by atoms with Crippen molar-refractivity contribution in [3.05, 3.63) is 35.4 Å². The summed E-state index contributed by atoms with van der Waals surface area (Å²) in [5.41, 5.74) is 7.70.